The number of fused-ring (bicyclic) bond motifs is 1. The first-order chi connectivity index (χ1) is 8.68. The van der Waals surface area contributed by atoms with Crippen molar-refractivity contribution in [3.63, 3.8) is 0 Å². The molecular formula is C16H24N2. The molecular weight excluding hydrogens is 220 g/mol. The SMILES string of the molecule is CC1(C)CCC(N2CCNCC2)c2ccccc21. The van der Waals surface area contributed by atoms with Gasteiger partial charge in [0.2, 0.25) is 0 Å². The fourth-order valence-corrected chi connectivity index (χ4v) is 3.56. The lowest BCUT2D eigenvalue weighted by atomic mass is 9.70. The van der Waals surface area contributed by atoms with Gasteiger partial charge in [-0.15, -0.1) is 0 Å². The maximum absolute atomic E-state index is 3.45. The van der Waals surface area contributed by atoms with Crippen LogP contribution in [0.25, 0.3) is 0 Å². The van der Waals surface area contributed by atoms with Crippen molar-refractivity contribution >= 4 is 0 Å². The normalized spacial score (nSPS) is 27.8. The minimum atomic E-state index is 0.348. The Morgan fingerprint density at radius 2 is 1.89 bits per heavy atom. The van der Waals surface area contributed by atoms with E-state index in [4.69, 9.17) is 0 Å². The average Bonchev–Trinajstić information content (AvgIpc) is 2.40. The van der Waals surface area contributed by atoms with Crippen LogP contribution in [0.15, 0.2) is 24.3 Å². The number of nitrogens with one attached hydrogen (secondary N) is 1. The van der Waals surface area contributed by atoms with Gasteiger partial charge < -0.3 is 5.32 Å². The molecule has 1 aliphatic carbocycles. The predicted octanol–water partition coefficient (Wildman–Crippen LogP) is 2.70. The molecule has 0 amide bonds. The van der Waals surface area contributed by atoms with Gasteiger partial charge in [0.1, 0.15) is 0 Å². The second kappa shape index (κ2) is 4.67. The zero-order chi connectivity index (χ0) is 12.6. The van der Waals surface area contributed by atoms with Crippen molar-refractivity contribution in [1.29, 1.82) is 0 Å². The summed E-state index contributed by atoms with van der Waals surface area (Å²) in [6, 6.07) is 9.74. The van der Waals surface area contributed by atoms with Crippen LogP contribution in [0.3, 0.4) is 0 Å². The molecule has 2 heteroatoms. The van der Waals surface area contributed by atoms with Gasteiger partial charge in [0, 0.05) is 32.2 Å². The smallest absolute Gasteiger partial charge is 0.0352 e. The maximum Gasteiger partial charge on any atom is 0.0352 e. The topological polar surface area (TPSA) is 15.3 Å². The van der Waals surface area contributed by atoms with Gasteiger partial charge in [-0.05, 0) is 29.4 Å². The first-order valence-electron chi connectivity index (χ1n) is 7.23. The van der Waals surface area contributed by atoms with Crippen molar-refractivity contribution in [2.75, 3.05) is 26.2 Å². The van der Waals surface area contributed by atoms with Gasteiger partial charge in [0.05, 0.1) is 0 Å². The maximum atomic E-state index is 3.45. The molecule has 1 fully saturated rings. The van der Waals surface area contributed by atoms with E-state index in [1.54, 1.807) is 11.1 Å². The molecule has 0 radical (unpaired) electrons. The van der Waals surface area contributed by atoms with Crippen LogP contribution in [0.5, 0.6) is 0 Å². The highest BCUT2D eigenvalue weighted by atomic mass is 15.2. The highest BCUT2D eigenvalue weighted by Crippen LogP contribution is 2.43. The highest BCUT2D eigenvalue weighted by molar-refractivity contribution is 5.38. The Morgan fingerprint density at radius 3 is 2.67 bits per heavy atom. The number of hydrogen-bond donors (Lipinski definition) is 1. The lowest BCUT2D eigenvalue weighted by Gasteiger charge is -2.43. The summed E-state index contributed by atoms with van der Waals surface area (Å²) in [7, 11) is 0. The molecule has 1 aromatic carbocycles. The molecule has 1 aromatic rings. The summed E-state index contributed by atoms with van der Waals surface area (Å²) in [4.78, 5) is 2.67. The van der Waals surface area contributed by atoms with Gasteiger partial charge in [-0.2, -0.15) is 0 Å². The van der Waals surface area contributed by atoms with E-state index in [1.165, 1.54) is 25.9 Å². The third-order valence-corrected chi connectivity index (χ3v) is 4.68. The summed E-state index contributed by atoms with van der Waals surface area (Å²) < 4.78 is 0. The molecule has 1 aliphatic heterocycles. The zero-order valence-corrected chi connectivity index (χ0v) is 11.6. The van der Waals surface area contributed by atoms with Gasteiger partial charge in [0.15, 0.2) is 0 Å². The summed E-state index contributed by atoms with van der Waals surface area (Å²) in [5, 5.41) is 3.45. The summed E-state index contributed by atoms with van der Waals surface area (Å²) in [5.74, 6) is 0. The Kier molecular flexibility index (Phi) is 3.16. The minimum Gasteiger partial charge on any atom is -0.314 e. The van der Waals surface area contributed by atoms with Crippen molar-refractivity contribution in [1.82, 2.24) is 10.2 Å². The molecule has 1 N–H and O–H groups in total. The van der Waals surface area contributed by atoms with Crippen LogP contribution in [0.1, 0.15) is 43.9 Å². The Morgan fingerprint density at radius 1 is 1.17 bits per heavy atom. The minimum absolute atomic E-state index is 0.348. The quantitative estimate of drug-likeness (QED) is 0.817. The van der Waals surface area contributed by atoms with E-state index >= 15 is 0 Å². The van der Waals surface area contributed by atoms with Gasteiger partial charge in [-0.3, -0.25) is 4.90 Å². The molecule has 0 spiro atoms. The van der Waals surface area contributed by atoms with Gasteiger partial charge >= 0.3 is 0 Å². The number of piperazine rings is 1. The Labute approximate surface area is 110 Å². The van der Waals surface area contributed by atoms with E-state index in [0.29, 0.717) is 11.5 Å². The van der Waals surface area contributed by atoms with Gasteiger partial charge in [-0.25, -0.2) is 0 Å². The first kappa shape index (κ1) is 12.2. The molecule has 98 valence electrons. The van der Waals surface area contributed by atoms with Crippen molar-refractivity contribution < 1.29 is 0 Å². The molecule has 1 atom stereocenters. The second-order valence-corrected chi connectivity index (χ2v) is 6.31. The highest BCUT2D eigenvalue weighted by Gasteiger charge is 2.34. The third kappa shape index (κ3) is 2.08. The van der Waals surface area contributed by atoms with Gasteiger partial charge in [-0.1, -0.05) is 38.1 Å². The Balaban J connectivity index is 1.93. The summed E-state index contributed by atoms with van der Waals surface area (Å²) >= 11 is 0. The molecule has 0 bridgehead atoms. The summed E-state index contributed by atoms with van der Waals surface area (Å²) in [5.41, 5.74) is 3.50. The van der Waals surface area contributed by atoms with E-state index in [1.807, 2.05) is 0 Å². The summed E-state index contributed by atoms with van der Waals surface area (Å²) in [6.07, 6.45) is 2.61. The molecule has 1 heterocycles. The fraction of sp³-hybridized carbons (Fsp3) is 0.625. The van der Waals surface area contributed by atoms with Crippen LogP contribution in [0.4, 0.5) is 0 Å². The van der Waals surface area contributed by atoms with Crippen molar-refractivity contribution in [3.05, 3.63) is 35.4 Å². The standard InChI is InChI=1S/C16H24N2/c1-16(2)8-7-15(18-11-9-17-10-12-18)13-5-3-4-6-14(13)16/h3-6,15,17H,7-12H2,1-2H3. The molecule has 18 heavy (non-hydrogen) atoms. The van der Waals surface area contributed by atoms with E-state index < -0.39 is 0 Å². The van der Waals surface area contributed by atoms with E-state index in [2.05, 4.69) is 48.3 Å². The van der Waals surface area contributed by atoms with Crippen molar-refractivity contribution in [2.45, 2.75) is 38.1 Å². The monoisotopic (exact) mass is 244 g/mol. The largest absolute Gasteiger partial charge is 0.314 e. The van der Waals surface area contributed by atoms with E-state index in [0.717, 1.165) is 13.1 Å². The lowest BCUT2D eigenvalue weighted by Crippen LogP contribution is -2.46. The number of benzene rings is 1. The van der Waals surface area contributed by atoms with Crippen molar-refractivity contribution in [2.24, 2.45) is 0 Å². The van der Waals surface area contributed by atoms with E-state index in [9.17, 15) is 0 Å². The molecule has 2 nitrogen and oxygen atoms in total. The van der Waals surface area contributed by atoms with Crippen LogP contribution in [0, 0.1) is 0 Å². The molecule has 1 saturated heterocycles. The van der Waals surface area contributed by atoms with Crippen LogP contribution in [-0.2, 0) is 5.41 Å². The molecule has 0 aromatic heterocycles. The fourth-order valence-electron chi connectivity index (χ4n) is 3.56. The molecule has 2 aliphatic rings. The van der Waals surface area contributed by atoms with Crippen LogP contribution < -0.4 is 5.32 Å². The summed E-state index contributed by atoms with van der Waals surface area (Å²) in [6.45, 7) is 9.45. The molecule has 0 saturated carbocycles. The van der Waals surface area contributed by atoms with Crippen LogP contribution >= 0.6 is 0 Å². The molecule has 3 rings (SSSR count). The predicted molar refractivity (Wildman–Crippen MR) is 75.9 cm³/mol. The number of nitrogens with zero attached hydrogens (tertiary/aromatic N) is 1. The third-order valence-electron chi connectivity index (χ3n) is 4.68. The zero-order valence-electron chi connectivity index (χ0n) is 11.6. The lowest BCUT2D eigenvalue weighted by molar-refractivity contribution is 0.146. The Bertz CT molecular complexity index is 419. The first-order valence-corrected chi connectivity index (χ1v) is 7.23. The second-order valence-electron chi connectivity index (χ2n) is 6.31. The number of hydrogen-bond acceptors (Lipinski definition) is 2. The van der Waals surface area contributed by atoms with E-state index in [-0.39, 0.29) is 0 Å². The van der Waals surface area contributed by atoms with Gasteiger partial charge in [0.25, 0.3) is 0 Å². The Hall–Kier alpha value is -0.860. The average molecular weight is 244 g/mol. The molecule has 1 unspecified atom stereocenters. The number of rotatable bonds is 1. The van der Waals surface area contributed by atoms with Crippen LogP contribution in [-0.4, -0.2) is 31.1 Å². The van der Waals surface area contributed by atoms with Crippen molar-refractivity contribution in [3.8, 4) is 0 Å². The van der Waals surface area contributed by atoms with Crippen LogP contribution in [0.2, 0.25) is 0 Å².